The molecule has 8 bridgehead atoms. The van der Waals surface area contributed by atoms with Crippen molar-refractivity contribution in [3.8, 4) is 0 Å². The summed E-state index contributed by atoms with van der Waals surface area (Å²) in [6.45, 7) is 13.3. The Morgan fingerprint density at radius 1 is 0.956 bits per heavy atom. The average molecular weight is 632 g/mol. The Balaban J connectivity index is 1.47. The monoisotopic (exact) mass is 631 g/mol. The molecule has 5 heterocycles. The molecule has 0 saturated heterocycles. The van der Waals surface area contributed by atoms with Crippen molar-refractivity contribution in [1.29, 1.82) is 0 Å². The molecule has 0 fully saturated rings. The zero-order chi connectivity index (χ0) is 32.1. The maximum Gasteiger partial charge on any atom is 0.222 e. The molecule has 3 aromatic rings. The number of nitrogens with one attached hydrogen (secondary N) is 2. The Labute approximate surface area is 271 Å². The molecule has 2 N–H and O–H groups in total. The van der Waals surface area contributed by atoms with Crippen LogP contribution in [0.15, 0.2) is 30.3 Å². The zero-order valence-electron chi connectivity index (χ0n) is 27.4. The lowest BCUT2D eigenvalue weighted by Crippen LogP contribution is -2.30. The number of amides is 1. The number of ether oxygens (including phenoxy) is 2. The number of carbonyl (C=O) groups is 1. The molecule has 9 heteroatoms. The number of nitrogens with zero attached hydrogens (tertiary/aromatic N) is 3. The van der Waals surface area contributed by atoms with Crippen LogP contribution in [0.4, 0.5) is 0 Å². The first-order chi connectivity index (χ1) is 21.7. The first-order valence-corrected chi connectivity index (χ1v) is 16.6. The molecule has 45 heavy (non-hydrogen) atoms. The number of likely N-dealkylation sites (N-methyl/N-ethyl adjacent to an activating group) is 1. The van der Waals surface area contributed by atoms with Gasteiger partial charge in [-0.05, 0) is 92.3 Å². The van der Waals surface area contributed by atoms with Gasteiger partial charge in [-0.2, -0.15) is 0 Å². The van der Waals surface area contributed by atoms with Crippen molar-refractivity contribution in [3.05, 3.63) is 69.8 Å². The highest BCUT2D eigenvalue weighted by molar-refractivity contribution is 6.17. The second-order valence-corrected chi connectivity index (χ2v) is 12.6. The molecule has 5 rings (SSSR count). The van der Waals surface area contributed by atoms with Gasteiger partial charge >= 0.3 is 0 Å². The third-order valence-corrected chi connectivity index (χ3v) is 9.15. The van der Waals surface area contributed by atoms with Gasteiger partial charge in [-0.25, -0.2) is 4.98 Å². The summed E-state index contributed by atoms with van der Waals surface area (Å²) in [5.41, 5.74) is 12.8. The Morgan fingerprint density at radius 2 is 1.69 bits per heavy atom. The number of halogens is 1. The van der Waals surface area contributed by atoms with Gasteiger partial charge in [0.15, 0.2) is 0 Å². The molecule has 3 aromatic heterocycles. The average Bonchev–Trinajstić information content (AvgIpc) is 3.76. The molecule has 0 aliphatic carbocycles. The van der Waals surface area contributed by atoms with E-state index >= 15 is 0 Å². The molecule has 240 valence electrons. The fourth-order valence-corrected chi connectivity index (χ4v) is 6.28. The largest absolute Gasteiger partial charge is 0.378 e. The number of fused-ring (bicyclic) bond motifs is 8. The van der Waals surface area contributed by atoms with Gasteiger partial charge in [-0.1, -0.05) is 13.8 Å². The lowest BCUT2D eigenvalue weighted by atomic mass is 9.85. The van der Waals surface area contributed by atoms with Gasteiger partial charge in [0.2, 0.25) is 5.91 Å². The highest BCUT2D eigenvalue weighted by Gasteiger charge is 2.31. The van der Waals surface area contributed by atoms with Gasteiger partial charge in [0.05, 0.1) is 37.8 Å². The summed E-state index contributed by atoms with van der Waals surface area (Å²) >= 11 is 5.62. The van der Waals surface area contributed by atoms with E-state index in [4.69, 9.17) is 31.0 Å². The standard InChI is InChI=1S/C36H46ClN5O3/c1-7-26-18-28-19-27-16-22(2)30(38-27)20-33-24(4)29(8-9-35(43)42(6)11-13-45-15-14-44-12-10-37)36(41-33)25(5)32-17-23(3)31(40-32)21-34(26)39-28/h16-21,24,29,38-39H,7-15H2,1-6H3/t24?,29-/m0/s1. The minimum absolute atomic E-state index is 0.0996. The number of alkyl halides is 1. The number of aryl methyl sites for hydroxylation is 2. The summed E-state index contributed by atoms with van der Waals surface area (Å²) < 4.78 is 11.0. The Hall–Kier alpha value is -3.46. The lowest BCUT2D eigenvalue weighted by molar-refractivity contribution is -0.130. The fraction of sp³-hybridized carbons (Fsp3) is 0.472. The van der Waals surface area contributed by atoms with Crippen LogP contribution in [0.2, 0.25) is 0 Å². The van der Waals surface area contributed by atoms with Crippen LogP contribution in [0.5, 0.6) is 0 Å². The molecular weight excluding hydrogens is 586 g/mol. The maximum atomic E-state index is 13.2. The van der Waals surface area contributed by atoms with Crippen LogP contribution in [0.1, 0.15) is 84.9 Å². The normalized spacial score (nSPS) is 16.2. The molecule has 2 aliphatic rings. The van der Waals surface area contributed by atoms with E-state index in [-0.39, 0.29) is 17.7 Å². The number of hydrogen-bond acceptors (Lipinski definition) is 5. The number of allylic oxidation sites excluding steroid dienone is 1. The van der Waals surface area contributed by atoms with Crippen molar-refractivity contribution < 1.29 is 14.3 Å². The summed E-state index contributed by atoms with van der Waals surface area (Å²) in [5.74, 6) is 0.825. The van der Waals surface area contributed by atoms with E-state index in [9.17, 15) is 4.79 Å². The molecule has 0 spiro atoms. The smallest absolute Gasteiger partial charge is 0.222 e. The van der Waals surface area contributed by atoms with E-state index in [1.165, 1.54) is 11.1 Å². The molecule has 1 amide bonds. The molecule has 0 aromatic carbocycles. The van der Waals surface area contributed by atoms with Crippen molar-refractivity contribution in [1.82, 2.24) is 24.8 Å². The predicted molar refractivity (Wildman–Crippen MR) is 184 cm³/mol. The van der Waals surface area contributed by atoms with Crippen LogP contribution in [-0.2, 0) is 20.7 Å². The minimum Gasteiger partial charge on any atom is -0.378 e. The van der Waals surface area contributed by atoms with Crippen molar-refractivity contribution in [2.75, 3.05) is 45.9 Å². The highest BCUT2D eigenvalue weighted by atomic mass is 35.5. The van der Waals surface area contributed by atoms with E-state index in [1.54, 1.807) is 4.90 Å². The van der Waals surface area contributed by atoms with Gasteiger partial charge in [0.1, 0.15) is 0 Å². The van der Waals surface area contributed by atoms with Crippen molar-refractivity contribution in [3.63, 3.8) is 0 Å². The topological polar surface area (TPSA) is 96.1 Å². The minimum atomic E-state index is 0.0996. The van der Waals surface area contributed by atoms with Crippen LogP contribution in [0.3, 0.4) is 0 Å². The molecular formula is C36H46ClN5O3. The van der Waals surface area contributed by atoms with Crippen molar-refractivity contribution in [2.24, 2.45) is 0 Å². The van der Waals surface area contributed by atoms with Crippen LogP contribution >= 0.6 is 11.6 Å². The highest BCUT2D eigenvalue weighted by Crippen LogP contribution is 2.41. The number of rotatable bonds is 12. The first-order valence-electron chi connectivity index (χ1n) is 16.0. The SMILES string of the molecule is CCc1cc2cc3cc(C)c(cc4nc(c(C)c5nc(cc1[nH]2)C(C)=C5)[C@@H](CCC(=O)N(C)CCOCCOCCCl)C4C)[nH]3. The number of carbonyl (C=O) groups excluding carboxylic acids is 1. The van der Waals surface area contributed by atoms with Gasteiger partial charge < -0.3 is 24.3 Å². The van der Waals surface area contributed by atoms with E-state index in [0.29, 0.717) is 51.7 Å². The number of H-pyrrole nitrogens is 2. The quantitative estimate of drug-likeness (QED) is 0.160. The molecule has 2 atom stereocenters. The molecule has 8 nitrogen and oxygen atoms in total. The van der Waals surface area contributed by atoms with E-state index in [2.05, 4.69) is 81.0 Å². The molecule has 2 aliphatic heterocycles. The van der Waals surface area contributed by atoms with Crippen LogP contribution in [0, 0.1) is 13.8 Å². The van der Waals surface area contributed by atoms with E-state index < -0.39 is 0 Å². The fourth-order valence-electron chi connectivity index (χ4n) is 6.17. The Bertz CT molecular complexity index is 1720. The Morgan fingerprint density at radius 3 is 2.44 bits per heavy atom. The lowest BCUT2D eigenvalue weighted by Gasteiger charge is -2.21. The van der Waals surface area contributed by atoms with Crippen LogP contribution < -0.4 is 0 Å². The second kappa shape index (κ2) is 14.8. The summed E-state index contributed by atoms with van der Waals surface area (Å²) in [6, 6.07) is 10.9. The summed E-state index contributed by atoms with van der Waals surface area (Å²) in [4.78, 5) is 32.5. The zero-order valence-corrected chi connectivity index (χ0v) is 28.2. The third-order valence-electron chi connectivity index (χ3n) is 8.99. The van der Waals surface area contributed by atoms with E-state index in [0.717, 1.165) is 62.4 Å². The van der Waals surface area contributed by atoms with Crippen LogP contribution in [0.25, 0.3) is 33.7 Å². The molecule has 1 unspecified atom stereocenters. The van der Waals surface area contributed by atoms with Crippen molar-refractivity contribution in [2.45, 2.75) is 65.7 Å². The number of hydrogen-bond donors (Lipinski definition) is 2. The van der Waals surface area contributed by atoms with E-state index in [1.807, 2.05) is 7.05 Å². The van der Waals surface area contributed by atoms with Gasteiger partial charge in [0.25, 0.3) is 0 Å². The third kappa shape index (κ3) is 7.68. The Kier molecular flexibility index (Phi) is 10.8. The molecule has 0 saturated carbocycles. The number of aromatic nitrogens is 4. The van der Waals surface area contributed by atoms with Crippen LogP contribution in [-0.4, -0.2) is 76.6 Å². The van der Waals surface area contributed by atoms with Crippen molar-refractivity contribution >= 4 is 51.2 Å². The van der Waals surface area contributed by atoms with Gasteiger partial charge in [0, 0.05) is 71.2 Å². The number of aromatic amines is 2. The maximum absolute atomic E-state index is 13.2. The summed E-state index contributed by atoms with van der Waals surface area (Å²) in [6.07, 6.45) is 4.23. The second-order valence-electron chi connectivity index (χ2n) is 12.2. The predicted octanol–water partition coefficient (Wildman–Crippen LogP) is 7.45. The van der Waals surface area contributed by atoms with Gasteiger partial charge in [-0.3, -0.25) is 9.78 Å². The molecule has 0 radical (unpaired) electrons. The van der Waals surface area contributed by atoms with Gasteiger partial charge in [-0.15, -0.1) is 11.6 Å². The first kappa shape index (κ1) is 32.9. The summed E-state index contributed by atoms with van der Waals surface area (Å²) in [7, 11) is 1.84. The summed E-state index contributed by atoms with van der Waals surface area (Å²) in [5, 5.41) is 0.